The normalized spacial score (nSPS) is 21.7. The van der Waals surface area contributed by atoms with Crippen molar-refractivity contribution in [3.05, 3.63) is 22.6 Å². The van der Waals surface area contributed by atoms with Crippen LogP contribution in [0, 0.1) is 11.2 Å². The molecule has 1 aromatic heterocycles. The summed E-state index contributed by atoms with van der Waals surface area (Å²) in [4.78, 5) is 17.1. The van der Waals surface area contributed by atoms with Crippen molar-refractivity contribution >= 4 is 27.7 Å². The summed E-state index contributed by atoms with van der Waals surface area (Å²) in [5.41, 5.74) is 5.29. The van der Waals surface area contributed by atoms with Crippen LogP contribution < -0.4 is 10.6 Å². The van der Waals surface area contributed by atoms with Crippen LogP contribution in [-0.2, 0) is 4.79 Å². The zero-order valence-corrected chi connectivity index (χ0v) is 12.6. The van der Waals surface area contributed by atoms with Crippen LogP contribution in [0.1, 0.15) is 26.7 Å². The first-order valence-electron chi connectivity index (χ1n) is 6.14. The average Bonchev–Trinajstić information content (AvgIpc) is 2.52. The molecular weight excluding hydrogens is 313 g/mol. The minimum atomic E-state index is -0.387. The Morgan fingerprint density at radius 1 is 1.68 bits per heavy atom. The lowest BCUT2D eigenvalue weighted by molar-refractivity contribution is -0.118. The van der Waals surface area contributed by atoms with Gasteiger partial charge in [-0.3, -0.25) is 4.79 Å². The van der Waals surface area contributed by atoms with E-state index >= 15 is 0 Å². The van der Waals surface area contributed by atoms with Gasteiger partial charge in [-0.1, -0.05) is 13.8 Å². The second kappa shape index (κ2) is 5.07. The molecule has 1 fully saturated rings. The van der Waals surface area contributed by atoms with Crippen LogP contribution in [0.3, 0.4) is 0 Å². The van der Waals surface area contributed by atoms with E-state index in [9.17, 15) is 9.18 Å². The predicted molar refractivity (Wildman–Crippen MR) is 75.2 cm³/mol. The molecule has 0 aliphatic carbocycles. The number of nitrogens with two attached hydrogens (primary N) is 1. The van der Waals surface area contributed by atoms with Gasteiger partial charge in [-0.15, -0.1) is 0 Å². The maximum atomic E-state index is 14.0. The lowest BCUT2D eigenvalue weighted by Gasteiger charge is -2.25. The molecule has 0 spiro atoms. The molecule has 2 N–H and O–H groups in total. The van der Waals surface area contributed by atoms with Crippen molar-refractivity contribution in [2.45, 2.75) is 32.7 Å². The number of halogens is 2. The SMILES string of the molecule is CC1(C)CC(CC(N)=O)N(c2ncc(Br)cc2F)C1. The number of pyridine rings is 1. The predicted octanol–water partition coefficient (Wildman–Crippen LogP) is 2.46. The molecule has 1 atom stereocenters. The number of carbonyl (C=O) groups excluding carboxylic acids is 1. The van der Waals surface area contributed by atoms with Gasteiger partial charge < -0.3 is 10.6 Å². The molecule has 1 aliphatic heterocycles. The van der Waals surface area contributed by atoms with Gasteiger partial charge in [0.2, 0.25) is 5.91 Å². The van der Waals surface area contributed by atoms with Crippen LogP contribution in [0.2, 0.25) is 0 Å². The Kier molecular flexibility index (Phi) is 3.80. The van der Waals surface area contributed by atoms with Crippen LogP contribution in [-0.4, -0.2) is 23.5 Å². The summed E-state index contributed by atoms with van der Waals surface area (Å²) >= 11 is 3.19. The van der Waals surface area contributed by atoms with E-state index in [2.05, 4.69) is 34.8 Å². The molecule has 1 amide bonds. The second-order valence-corrected chi connectivity index (χ2v) is 6.70. The molecule has 0 aromatic carbocycles. The molecule has 6 heteroatoms. The Morgan fingerprint density at radius 2 is 2.37 bits per heavy atom. The second-order valence-electron chi connectivity index (χ2n) is 5.78. The zero-order valence-electron chi connectivity index (χ0n) is 11.0. The Bertz CT molecular complexity index is 507. The Morgan fingerprint density at radius 3 is 2.95 bits per heavy atom. The number of anilines is 1. The van der Waals surface area contributed by atoms with Gasteiger partial charge in [0.05, 0.1) is 0 Å². The first kappa shape index (κ1) is 14.2. The number of hydrogen-bond acceptors (Lipinski definition) is 3. The third kappa shape index (κ3) is 3.23. The molecule has 104 valence electrons. The van der Waals surface area contributed by atoms with Gasteiger partial charge in [0.25, 0.3) is 0 Å². The maximum absolute atomic E-state index is 14.0. The van der Waals surface area contributed by atoms with Crippen molar-refractivity contribution in [2.24, 2.45) is 11.1 Å². The molecule has 1 aromatic rings. The molecule has 19 heavy (non-hydrogen) atoms. The lowest BCUT2D eigenvalue weighted by Crippen LogP contribution is -2.34. The summed E-state index contributed by atoms with van der Waals surface area (Å²) in [6.07, 6.45) is 2.58. The molecule has 4 nitrogen and oxygen atoms in total. The third-order valence-corrected chi connectivity index (χ3v) is 3.76. The van der Waals surface area contributed by atoms with Gasteiger partial charge in [-0.2, -0.15) is 0 Å². The molecule has 0 bridgehead atoms. The molecule has 2 heterocycles. The summed E-state index contributed by atoms with van der Waals surface area (Å²) in [5.74, 6) is -0.466. The monoisotopic (exact) mass is 329 g/mol. The van der Waals surface area contributed by atoms with Crippen molar-refractivity contribution < 1.29 is 9.18 Å². The number of hydrogen-bond donors (Lipinski definition) is 1. The van der Waals surface area contributed by atoms with Gasteiger partial charge in [0.15, 0.2) is 11.6 Å². The van der Waals surface area contributed by atoms with Crippen LogP contribution in [0.4, 0.5) is 10.2 Å². The van der Waals surface area contributed by atoms with Crippen LogP contribution in [0.5, 0.6) is 0 Å². The van der Waals surface area contributed by atoms with Gasteiger partial charge in [0.1, 0.15) is 0 Å². The molecule has 0 saturated carbocycles. The average molecular weight is 330 g/mol. The van der Waals surface area contributed by atoms with Crippen molar-refractivity contribution in [1.82, 2.24) is 4.98 Å². The van der Waals surface area contributed by atoms with Crippen molar-refractivity contribution in [1.29, 1.82) is 0 Å². The van der Waals surface area contributed by atoms with Crippen LogP contribution in [0.25, 0.3) is 0 Å². The largest absolute Gasteiger partial charge is 0.370 e. The molecule has 1 unspecified atom stereocenters. The number of primary amides is 1. The smallest absolute Gasteiger partial charge is 0.219 e. The van der Waals surface area contributed by atoms with E-state index in [0.717, 1.165) is 6.42 Å². The van der Waals surface area contributed by atoms with Crippen molar-refractivity contribution in [3.63, 3.8) is 0 Å². The van der Waals surface area contributed by atoms with Gasteiger partial charge in [-0.05, 0) is 33.8 Å². The first-order valence-corrected chi connectivity index (χ1v) is 6.94. The fraction of sp³-hybridized carbons (Fsp3) is 0.538. The Labute approximate surface area is 120 Å². The van der Waals surface area contributed by atoms with E-state index in [1.807, 2.05) is 4.90 Å². The lowest BCUT2D eigenvalue weighted by atomic mass is 9.90. The first-order chi connectivity index (χ1) is 8.78. The van der Waals surface area contributed by atoms with E-state index in [1.165, 1.54) is 6.07 Å². The van der Waals surface area contributed by atoms with Gasteiger partial charge in [-0.25, -0.2) is 9.37 Å². The Balaban J connectivity index is 2.32. The Hall–Kier alpha value is -1.17. The van der Waals surface area contributed by atoms with E-state index in [1.54, 1.807) is 6.20 Å². The summed E-state index contributed by atoms with van der Waals surface area (Å²) in [6.45, 7) is 4.85. The van der Waals surface area contributed by atoms with Gasteiger partial charge >= 0.3 is 0 Å². The summed E-state index contributed by atoms with van der Waals surface area (Å²) in [5, 5.41) is 0. The van der Waals surface area contributed by atoms with Gasteiger partial charge in [0, 0.05) is 29.7 Å². The third-order valence-electron chi connectivity index (χ3n) is 3.32. The number of aromatic nitrogens is 1. The fourth-order valence-corrected chi connectivity index (χ4v) is 2.99. The van der Waals surface area contributed by atoms with E-state index < -0.39 is 0 Å². The molecule has 2 rings (SSSR count). The van der Waals surface area contributed by atoms with Crippen LogP contribution >= 0.6 is 15.9 Å². The number of amides is 1. The highest BCUT2D eigenvalue weighted by atomic mass is 79.9. The quantitative estimate of drug-likeness (QED) is 0.926. The van der Waals surface area contributed by atoms with Crippen molar-refractivity contribution in [2.75, 3.05) is 11.4 Å². The molecule has 0 radical (unpaired) electrons. The summed E-state index contributed by atoms with van der Waals surface area (Å²) in [7, 11) is 0. The van der Waals surface area contributed by atoms with E-state index in [0.29, 0.717) is 16.8 Å². The topological polar surface area (TPSA) is 59.2 Å². The summed E-state index contributed by atoms with van der Waals surface area (Å²) in [6, 6.07) is 1.30. The fourth-order valence-electron chi connectivity index (χ4n) is 2.68. The maximum Gasteiger partial charge on any atom is 0.219 e. The van der Waals surface area contributed by atoms with E-state index in [4.69, 9.17) is 5.73 Å². The highest BCUT2D eigenvalue weighted by Crippen LogP contribution is 2.38. The molecule has 1 saturated heterocycles. The van der Waals surface area contributed by atoms with E-state index in [-0.39, 0.29) is 29.6 Å². The molecule has 1 aliphatic rings. The van der Waals surface area contributed by atoms with Crippen LogP contribution in [0.15, 0.2) is 16.7 Å². The molecular formula is C13H17BrFN3O. The zero-order chi connectivity index (χ0) is 14.2. The number of nitrogens with zero attached hydrogens (tertiary/aromatic N) is 2. The number of carbonyl (C=O) groups is 1. The summed E-state index contributed by atoms with van der Waals surface area (Å²) < 4.78 is 14.6. The minimum Gasteiger partial charge on any atom is -0.370 e. The standard InChI is InChI=1S/C13H17BrFN3O/c1-13(2)5-9(4-11(16)19)18(7-13)12-10(15)3-8(14)6-17-12/h3,6,9H,4-5,7H2,1-2H3,(H2,16,19). The highest BCUT2D eigenvalue weighted by Gasteiger charge is 2.39. The highest BCUT2D eigenvalue weighted by molar-refractivity contribution is 9.10. The number of rotatable bonds is 3. The minimum absolute atomic E-state index is 0.0152. The van der Waals surface area contributed by atoms with Crippen molar-refractivity contribution in [3.8, 4) is 0 Å².